The van der Waals surface area contributed by atoms with Gasteiger partial charge in [0, 0.05) is 0 Å². The Kier molecular flexibility index (Phi) is 12.1. The van der Waals surface area contributed by atoms with E-state index in [0.29, 0.717) is 0 Å². The monoisotopic (exact) mass is 666 g/mol. The normalized spacial score (nSPS) is 52.4. The van der Waals surface area contributed by atoms with Crippen LogP contribution in [0.3, 0.4) is 0 Å². The average molecular weight is 667 g/mol. The zero-order chi connectivity index (χ0) is 33.4. The molecule has 0 aromatic carbocycles. The molecular formula is C24H42O21. The highest BCUT2D eigenvalue weighted by molar-refractivity contribution is 5.03. The molecule has 4 aliphatic rings. The van der Waals surface area contributed by atoms with Crippen LogP contribution in [0.1, 0.15) is 0 Å². The number of aliphatic hydroxyl groups is 14. The molecule has 4 saturated heterocycles. The minimum absolute atomic E-state index is 0.834. The van der Waals surface area contributed by atoms with Crippen LogP contribution < -0.4 is 0 Å². The highest BCUT2D eigenvalue weighted by Crippen LogP contribution is 2.41. The van der Waals surface area contributed by atoms with Crippen LogP contribution in [0.4, 0.5) is 0 Å². The van der Waals surface area contributed by atoms with Gasteiger partial charge in [0.2, 0.25) is 11.6 Å². The third kappa shape index (κ3) is 6.61. The van der Waals surface area contributed by atoms with Gasteiger partial charge >= 0.3 is 0 Å². The van der Waals surface area contributed by atoms with Gasteiger partial charge in [0.05, 0.1) is 26.4 Å². The van der Waals surface area contributed by atoms with Crippen LogP contribution >= 0.6 is 0 Å². The smallest absolute Gasteiger partial charge is 0.222 e. The number of rotatable bonds is 12. The molecule has 0 unspecified atom stereocenters. The third-order valence-electron chi connectivity index (χ3n) is 8.40. The fourth-order valence-electron chi connectivity index (χ4n) is 5.73. The molecule has 0 aliphatic carbocycles. The summed E-state index contributed by atoms with van der Waals surface area (Å²) in [6, 6.07) is 0. The summed E-state index contributed by atoms with van der Waals surface area (Å²) in [5, 5.41) is 143. The molecule has 0 bridgehead atoms. The van der Waals surface area contributed by atoms with Crippen LogP contribution in [-0.2, 0) is 33.2 Å². The van der Waals surface area contributed by atoms with Crippen molar-refractivity contribution in [3.63, 3.8) is 0 Å². The molecule has 0 saturated carbocycles. The van der Waals surface area contributed by atoms with Gasteiger partial charge in [0.1, 0.15) is 98.7 Å². The molecular weight excluding hydrogens is 624 g/mol. The maximum Gasteiger partial charge on any atom is 0.222 e. The quantitative estimate of drug-likeness (QED) is 0.0919. The Morgan fingerprint density at radius 3 is 1.31 bits per heavy atom. The highest BCUT2D eigenvalue weighted by atomic mass is 16.8. The fraction of sp³-hybridized carbons (Fsp3) is 1.00. The summed E-state index contributed by atoms with van der Waals surface area (Å²) >= 11 is 0. The molecule has 4 aliphatic heterocycles. The first-order valence-electron chi connectivity index (χ1n) is 14.1. The van der Waals surface area contributed by atoms with Crippen LogP contribution in [0.2, 0.25) is 0 Å². The van der Waals surface area contributed by atoms with Crippen molar-refractivity contribution < 1.29 is 105 Å². The van der Waals surface area contributed by atoms with E-state index in [2.05, 4.69) is 0 Å². The lowest BCUT2D eigenvalue weighted by Gasteiger charge is -2.49. The van der Waals surface area contributed by atoms with Crippen LogP contribution in [0.15, 0.2) is 0 Å². The number of ether oxygens (including phenoxy) is 7. The average Bonchev–Trinajstić information content (AvgIpc) is 3.44. The summed E-state index contributed by atoms with van der Waals surface area (Å²) in [6.45, 7) is -5.94. The van der Waals surface area contributed by atoms with E-state index in [-0.39, 0.29) is 0 Å². The van der Waals surface area contributed by atoms with Gasteiger partial charge in [-0.05, 0) is 0 Å². The minimum atomic E-state index is -2.61. The van der Waals surface area contributed by atoms with Gasteiger partial charge in [-0.2, -0.15) is 0 Å². The molecule has 4 rings (SSSR count). The van der Waals surface area contributed by atoms with Gasteiger partial charge in [-0.3, -0.25) is 0 Å². The summed E-state index contributed by atoms with van der Waals surface area (Å²) in [5.41, 5.74) is 0. The van der Waals surface area contributed by atoms with E-state index in [9.17, 15) is 71.5 Å². The van der Waals surface area contributed by atoms with Crippen molar-refractivity contribution in [3.8, 4) is 0 Å². The Hall–Kier alpha value is -0.840. The molecule has 0 aromatic rings. The third-order valence-corrected chi connectivity index (χ3v) is 8.40. The van der Waals surface area contributed by atoms with Gasteiger partial charge in [-0.1, -0.05) is 0 Å². The van der Waals surface area contributed by atoms with E-state index in [1.807, 2.05) is 0 Å². The second-order valence-electron chi connectivity index (χ2n) is 11.2. The van der Waals surface area contributed by atoms with Gasteiger partial charge in [0.25, 0.3) is 0 Å². The van der Waals surface area contributed by atoms with Crippen molar-refractivity contribution in [1.29, 1.82) is 0 Å². The summed E-state index contributed by atoms with van der Waals surface area (Å²) in [6.07, 6.45) is -29.7. The Morgan fingerprint density at radius 2 is 0.889 bits per heavy atom. The van der Waals surface area contributed by atoms with E-state index in [4.69, 9.17) is 33.2 Å². The topological polar surface area (TPSA) is 348 Å². The zero-order valence-corrected chi connectivity index (χ0v) is 23.6. The number of hydrogen-bond donors (Lipinski definition) is 14. The zero-order valence-electron chi connectivity index (χ0n) is 23.6. The molecule has 0 aromatic heterocycles. The first-order valence-corrected chi connectivity index (χ1v) is 14.1. The maximum absolute atomic E-state index is 11.6. The van der Waals surface area contributed by atoms with E-state index >= 15 is 0 Å². The standard InChI is InChI=1S/C24H42O21/c25-1-7-11(31)14(34)15(35)21(39-7)41-22-18(45-24(6-30)20(38)13(33)9(3-27)43-24)16(36)17(10(4-28)40-22)44-23(5-29)19(37)12(32)8(2-26)42-23/h7-22,25-38H,1-6H2/t7-,8-,9-,10-,11-,12-,13-,14+,15-,16+,17-,18-,19+,20+,21-,22-,23-,24-/m1/s1. The van der Waals surface area contributed by atoms with Crippen molar-refractivity contribution in [1.82, 2.24) is 0 Å². The molecule has 4 fully saturated rings. The lowest BCUT2D eigenvalue weighted by molar-refractivity contribution is -0.420. The molecule has 0 radical (unpaired) electrons. The molecule has 45 heavy (non-hydrogen) atoms. The van der Waals surface area contributed by atoms with Crippen LogP contribution in [-0.4, -0.2) is 221 Å². The molecule has 264 valence electrons. The molecule has 21 nitrogen and oxygen atoms in total. The molecule has 0 amide bonds. The van der Waals surface area contributed by atoms with Crippen molar-refractivity contribution in [2.45, 2.75) is 110 Å². The highest BCUT2D eigenvalue weighted by Gasteiger charge is 2.62. The second-order valence-corrected chi connectivity index (χ2v) is 11.2. The largest absolute Gasteiger partial charge is 0.394 e. The van der Waals surface area contributed by atoms with Crippen LogP contribution in [0.25, 0.3) is 0 Å². The van der Waals surface area contributed by atoms with Gasteiger partial charge in [-0.15, -0.1) is 0 Å². The van der Waals surface area contributed by atoms with E-state index in [1.54, 1.807) is 0 Å². The summed E-state index contributed by atoms with van der Waals surface area (Å²) in [4.78, 5) is 0. The second kappa shape index (κ2) is 14.7. The Morgan fingerprint density at radius 1 is 0.444 bits per heavy atom. The Bertz CT molecular complexity index is 947. The van der Waals surface area contributed by atoms with Gasteiger partial charge in [0.15, 0.2) is 12.6 Å². The molecule has 18 atom stereocenters. The predicted octanol–water partition coefficient (Wildman–Crippen LogP) is -9.75. The SMILES string of the molecule is OC[C@H]1O[C@](CO)(O[C@H]2[C@@H](O[C@H]3O[C@H](CO)[C@@H](O)[C@H](O)[C@H]3O)O[C@H](CO)[C@@H](O[C@@]3(CO)O[C@H](CO)[C@@H](O)[C@@H]3O)[C@@H]2O)[C@@H](O)[C@@H]1O. The Labute approximate surface area is 254 Å². The summed E-state index contributed by atoms with van der Waals surface area (Å²) < 4.78 is 38.8. The Balaban J connectivity index is 1.69. The van der Waals surface area contributed by atoms with E-state index in [0.717, 1.165) is 0 Å². The predicted molar refractivity (Wildman–Crippen MR) is 134 cm³/mol. The fourth-order valence-corrected chi connectivity index (χ4v) is 5.73. The van der Waals surface area contributed by atoms with Crippen molar-refractivity contribution >= 4 is 0 Å². The molecule has 0 spiro atoms. The number of aliphatic hydroxyl groups excluding tert-OH is 14. The molecule has 21 heteroatoms. The maximum atomic E-state index is 11.6. The van der Waals surface area contributed by atoms with Gasteiger partial charge < -0.3 is 105 Å². The lowest BCUT2D eigenvalue weighted by Crippen LogP contribution is -2.68. The molecule has 4 heterocycles. The van der Waals surface area contributed by atoms with Gasteiger partial charge in [-0.25, -0.2) is 0 Å². The summed E-state index contributed by atoms with van der Waals surface area (Å²) in [7, 11) is 0. The van der Waals surface area contributed by atoms with Crippen LogP contribution in [0, 0.1) is 0 Å². The van der Waals surface area contributed by atoms with E-state index < -0.39 is 149 Å². The van der Waals surface area contributed by atoms with Crippen molar-refractivity contribution in [2.24, 2.45) is 0 Å². The molecule has 14 N–H and O–H groups in total. The first kappa shape index (κ1) is 37.0. The van der Waals surface area contributed by atoms with Crippen LogP contribution in [0.5, 0.6) is 0 Å². The minimum Gasteiger partial charge on any atom is -0.394 e. The summed E-state index contributed by atoms with van der Waals surface area (Å²) in [5.74, 6) is -5.13. The van der Waals surface area contributed by atoms with E-state index in [1.165, 1.54) is 0 Å². The number of hydrogen-bond acceptors (Lipinski definition) is 21. The van der Waals surface area contributed by atoms with Crippen molar-refractivity contribution in [2.75, 3.05) is 39.6 Å². The lowest BCUT2D eigenvalue weighted by atomic mass is 9.96. The first-order chi connectivity index (χ1) is 21.3. The van der Waals surface area contributed by atoms with Crippen molar-refractivity contribution in [3.05, 3.63) is 0 Å².